The molecule has 20 heavy (non-hydrogen) atoms. The van der Waals surface area contributed by atoms with Gasteiger partial charge in [0.05, 0.1) is 5.54 Å². The summed E-state index contributed by atoms with van der Waals surface area (Å²) in [6.07, 6.45) is 2.98. The van der Waals surface area contributed by atoms with E-state index in [1.807, 2.05) is 30.3 Å². The van der Waals surface area contributed by atoms with Crippen LogP contribution in [0.4, 0.5) is 5.69 Å². The first kappa shape index (κ1) is 13.1. The molecule has 2 fully saturated rings. The molecule has 0 radical (unpaired) electrons. The quantitative estimate of drug-likeness (QED) is 0.855. The minimum atomic E-state index is -0.727. The molecular formula is C15H19N3O2. The van der Waals surface area contributed by atoms with Crippen LogP contribution in [0.15, 0.2) is 30.3 Å². The van der Waals surface area contributed by atoms with Crippen LogP contribution >= 0.6 is 0 Å². The normalized spacial score (nSPS) is 24.4. The summed E-state index contributed by atoms with van der Waals surface area (Å²) in [6, 6.07) is 9.11. The van der Waals surface area contributed by atoms with Crippen LogP contribution in [0.3, 0.4) is 0 Å². The van der Waals surface area contributed by atoms with Gasteiger partial charge in [-0.2, -0.15) is 0 Å². The fraction of sp³-hybridized carbons (Fsp3) is 0.467. The number of nitrogens with zero attached hydrogens (tertiary/aromatic N) is 1. The maximum atomic E-state index is 12.5. The third-order valence-electron chi connectivity index (χ3n) is 4.05. The van der Waals surface area contributed by atoms with Gasteiger partial charge in [-0.25, -0.2) is 0 Å². The van der Waals surface area contributed by atoms with Crippen LogP contribution in [0.25, 0.3) is 0 Å². The van der Waals surface area contributed by atoms with Crippen LogP contribution in [-0.4, -0.2) is 29.9 Å². The van der Waals surface area contributed by atoms with Crippen molar-refractivity contribution in [2.75, 3.05) is 11.4 Å². The summed E-state index contributed by atoms with van der Waals surface area (Å²) in [6.45, 7) is 0.697. The maximum Gasteiger partial charge on any atom is 0.249 e. The first-order chi connectivity index (χ1) is 9.60. The Balaban J connectivity index is 1.70. The molecule has 1 aromatic rings. The van der Waals surface area contributed by atoms with Crippen molar-refractivity contribution in [3.8, 4) is 0 Å². The number of piperidine rings is 1. The van der Waals surface area contributed by atoms with E-state index < -0.39 is 11.6 Å². The van der Waals surface area contributed by atoms with Crippen LogP contribution in [-0.2, 0) is 9.59 Å². The SMILES string of the molecule is NC1(C(=O)NC2CCCN(c3ccccc3)C2=O)CC1. The zero-order valence-corrected chi connectivity index (χ0v) is 11.3. The van der Waals surface area contributed by atoms with Crippen LogP contribution in [0.5, 0.6) is 0 Å². The Morgan fingerprint density at radius 2 is 2.00 bits per heavy atom. The molecule has 2 amide bonds. The summed E-state index contributed by atoms with van der Waals surface area (Å²) in [7, 11) is 0. The molecule has 0 spiro atoms. The number of carbonyl (C=O) groups excluding carboxylic acids is 2. The molecule has 2 aliphatic rings. The van der Waals surface area contributed by atoms with Crippen molar-refractivity contribution in [3.05, 3.63) is 30.3 Å². The molecule has 0 aromatic heterocycles. The fourth-order valence-electron chi connectivity index (χ4n) is 2.54. The number of hydrogen-bond acceptors (Lipinski definition) is 3. The minimum Gasteiger partial charge on any atom is -0.343 e. The highest BCUT2D eigenvalue weighted by Gasteiger charge is 2.47. The summed E-state index contributed by atoms with van der Waals surface area (Å²) in [5.41, 5.74) is 6.01. The number of anilines is 1. The van der Waals surface area contributed by atoms with Crippen molar-refractivity contribution in [2.24, 2.45) is 5.73 Å². The third kappa shape index (κ3) is 2.41. The zero-order valence-electron chi connectivity index (χ0n) is 11.3. The van der Waals surface area contributed by atoms with E-state index in [1.54, 1.807) is 4.90 Å². The molecule has 1 aliphatic heterocycles. The topological polar surface area (TPSA) is 75.4 Å². The summed E-state index contributed by atoms with van der Waals surface area (Å²) in [4.78, 5) is 26.2. The number of para-hydroxylation sites is 1. The lowest BCUT2D eigenvalue weighted by Crippen LogP contribution is -2.56. The Morgan fingerprint density at radius 3 is 2.65 bits per heavy atom. The number of rotatable bonds is 3. The highest BCUT2D eigenvalue weighted by molar-refractivity contribution is 6.01. The first-order valence-electron chi connectivity index (χ1n) is 7.06. The van der Waals surface area contributed by atoms with Crippen molar-refractivity contribution in [3.63, 3.8) is 0 Å². The molecule has 5 nitrogen and oxygen atoms in total. The number of nitrogens with two attached hydrogens (primary N) is 1. The average molecular weight is 273 g/mol. The van der Waals surface area contributed by atoms with E-state index in [1.165, 1.54) is 0 Å². The Bertz CT molecular complexity index is 525. The summed E-state index contributed by atoms with van der Waals surface area (Å²) < 4.78 is 0. The molecule has 5 heteroatoms. The molecule has 1 aliphatic carbocycles. The fourth-order valence-corrected chi connectivity index (χ4v) is 2.54. The average Bonchev–Trinajstić information content (AvgIpc) is 3.21. The Hall–Kier alpha value is -1.88. The molecule has 1 saturated carbocycles. The van der Waals surface area contributed by atoms with Crippen LogP contribution in [0.1, 0.15) is 25.7 Å². The monoisotopic (exact) mass is 273 g/mol. The van der Waals surface area contributed by atoms with Gasteiger partial charge < -0.3 is 16.0 Å². The van der Waals surface area contributed by atoms with Crippen molar-refractivity contribution < 1.29 is 9.59 Å². The molecule has 1 unspecified atom stereocenters. The van der Waals surface area contributed by atoms with E-state index in [0.717, 1.165) is 12.1 Å². The van der Waals surface area contributed by atoms with Gasteiger partial charge in [-0.3, -0.25) is 9.59 Å². The predicted molar refractivity (Wildman–Crippen MR) is 76.1 cm³/mol. The van der Waals surface area contributed by atoms with E-state index in [9.17, 15) is 9.59 Å². The molecule has 1 aromatic carbocycles. The maximum absolute atomic E-state index is 12.5. The van der Waals surface area contributed by atoms with Crippen molar-refractivity contribution in [1.29, 1.82) is 0 Å². The van der Waals surface area contributed by atoms with Gasteiger partial charge >= 0.3 is 0 Å². The highest BCUT2D eigenvalue weighted by Crippen LogP contribution is 2.32. The van der Waals surface area contributed by atoms with Gasteiger partial charge in [0.1, 0.15) is 6.04 Å². The second-order valence-electron chi connectivity index (χ2n) is 5.65. The summed E-state index contributed by atoms with van der Waals surface area (Å²) in [5.74, 6) is -0.231. The third-order valence-corrected chi connectivity index (χ3v) is 4.05. The molecule has 3 rings (SSSR count). The van der Waals surface area contributed by atoms with Gasteiger partial charge in [-0.15, -0.1) is 0 Å². The van der Waals surface area contributed by atoms with E-state index in [-0.39, 0.29) is 11.8 Å². The highest BCUT2D eigenvalue weighted by atomic mass is 16.2. The van der Waals surface area contributed by atoms with Gasteiger partial charge in [0, 0.05) is 12.2 Å². The van der Waals surface area contributed by atoms with Crippen LogP contribution < -0.4 is 16.0 Å². The Labute approximate surface area is 118 Å². The molecule has 0 bridgehead atoms. The molecular weight excluding hydrogens is 254 g/mol. The molecule has 106 valence electrons. The van der Waals surface area contributed by atoms with E-state index >= 15 is 0 Å². The molecule has 1 saturated heterocycles. The standard InChI is InChI=1S/C15H19N3O2/c16-15(8-9-15)14(20)17-12-7-4-10-18(13(12)19)11-5-2-1-3-6-11/h1-3,5-6,12H,4,7-10,16H2,(H,17,20). The van der Waals surface area contributed by atoms with E-state index in [4.69, 9.17) is 5.73 Å². The van der Waals surface area contributed by atoms with E-state index in [2.05, 4.69) is 5.32 Å². The Morgan fingerprint density at radius 1 is 1.30 bits per heavy atom. The van der Waals surface area contributed by atoms with Gasteiger partial charge in [-0.1, -0.05) is 18.2 Å². The largest absolute Gasteiger partial charge is 0.343 e. The van der Waals surface area contributed by atoms with Crippen LogP contribution in [0, 0.1) is 0 Å². The predicted octanol–water partition coefficient (Wildman–Crippen LogP) is 0.789. The van der Waals surface area contributed by atoms with Gasteiger partial charge in [0.2, 0.25) is 11.8 Å². The van der Waals surface area contributed by atoms with Gasteiger partial charge in [-0.05, 0) is 37.8 Å². The Kier molecular flexibility index (Phi) is 3.22. The second-order valence-corrected chi connectivity index (χ2v) is 5.65. The van der Waals surface area contributed by atoms with E-state index in [0.29, 0.717) is 25.8 Å². The van der Waals surface area contributed by atoms with Crippen LogP contribution in [0.2, 0.25) is 0 Å². The van der Waals surface area contributed by atoms with Crippen molar-refractivity contribution in [2.45, 2.75) is 37.3 Å². The summed E-state index contributed by atoms with van der Waals surface area (Å²) in [5, 5.41) is 2.82. The number of benzene rings is 1. The summed E-state index contributed by atoms with van der Waals surface area (Å²) >= 11 is 0. The number of amides is 2. The zero-order chi connectivity index (χ0) is 14.2. The molecule has 1 atom stereocenters. The second kappa shape index (κ2) is 4.90. The lowest BCUT2D eigenvalue weighted by molar-refractivity contribution is -0.129. The lowest BCUT2D eigenvalue weighted by atomic mass is 10.0. The van der Waals surface area contributed by atoms with Gasteiger partial charge in [0.25, 0.3) is 0 Å². The first-order valence-corrected chi connectivity index (χ1v) is 7.06. The number of carbonyl (C=O) groups is 2. The van der Waals surface area contributed by atoms with Gasteiger partial charge in [0.15, 0.2) is 0 Å². The lowest BCUT2D eigenvalue weighted by Gasteiger charge is -2.33. The smallest absolute Gasteiger partial charge is 0.249 e. The molecule has 1 heterocycles. The van der Waals surface area contributed by atoms with Crippen molar-refractivity contribution in [1.82, 2.24) is 5.32 Å². The van der Waals surface area contributed by atoms with Crippen molar-refractivity contribution >= 4 is 17.5 Å². The molecule has 3 N–H and O–H groups in total. The number of nitrogens with one attached hydrogen (secondary N) is 1. The number of hydrogen-bond donors (Lipinski definition) is 2. The minimum absolute atomic E-state index is 0.0416.